The van der Waals surface area contributed by atoms with Crippen LogP contribution in [0.1, 0.15) is 34.4 Å². The summed E-state index contributed by atoms with van der Waals surface area (Å²) >= 11 is 1.55. The number of ether oxygens (including phenoxy) is 1. The molecule has 0 radical (unpaired) electrons. The van der Waals surface area contributed by atoms with Crippen molar-refractivity contribution in [2.75, 3.05) is 0 Å². The highest BCUT2D eigenvalue weighted by molar-refractivity contribution is 7.09. The maximum Gasteiger partial charge on any atom is 0.326 e. The van der Waals surface area contributed by atoms with Crippen LogP contribution >= 0.6 is 11.3 Å². The van der Waals surface area contributed by atoms with Crippen LogP contribution in [-0.4, -0.2) is 28.0 Å². The Hall–Kier alpha value is -2.67. The smallest absolute Gasteiger partial charge is 0.326 e. The van der Waals surface area contributed by atoms with Gasteiger partial charge in [0, 0.05) is 10.9 Å². The van der Waals surface area contributed by atoms with Gasteiger partial charge in [-0.1, -0.05) is 18.2 Å². The molecular weight excluding hydrogens is 340 g/mol. The summed E-state index contributed by atoms with van der Waals surface area (Å²) in [7, 11) is 0. The van der Waals surface area contributed by atoms with Crippen LogP contribution in [-0.2, 0) is 11.4 Å². The van der Waals surface area contributed by atoms with Gasteiger partial charge >= 0.3 is 5.97 Å². The normalized spacial score (nSPS) is 12.1. The van der Waals surface area contributed by atoms with Crippen molar-refractivity contribution in [3.05, 3.63) is 58.1 Å². The molecule has 1 heterocycles. The number of hydrogen-bond donors (Lipinski definition) is 2. The lowest BCUT2D eigenvalue weighted by atomic mass is 10.1. The van der Waals surface area contributed by atoms with Crippen LogP contribution in [0.2, 0.25) is 0 Å². The van der Waals surface area contributed by atoms with Gasteiger partial charge in [0.2, 0.25) is 0 Å². The second-order valence-corrected chi connectivity index (χ2v) is 6.41. The Labute approximate surface area is 150 Å². The maximum atomic E-state index is 12.3. The molecule has 132 valence electrons. The third kappa shape index (κ3) is 5.72. The fourth-order valence-electron chi connectivity index (χ4n) is 2.09. The van der Waals surface area contributed by atoms with Gasteiger partial charge in [-0.2, -0.15) is 0 Å². The van der Waals surface area contributed by atoms with E-state index in [0.29, 0.717) is 17.9 Å². The van der Waals surface area contributed by atoms with E-state index in [0.717, 1.165) is 10.7 Å². The molecule has 0 aliphatic carbocycles. The Bertz CT molecular complexity index is 770. The van der Waals surface area contributed by atoms with Crippen molar-refractivity contribution in [2.45, 2.75) is 32.9 Å². The van der Waals surface area contributed by atoms with Crippen molar-refractivity contribution >= 4 is 23.2 Å². The minimum atomic E-state index is -1.07. The van der Waals surface area contributed by atoms with Crippen molar-refractivity contribution in [1.82, 2.24) is 10.3 Å². The molecule has 0 aliphatic rings. The third-order valence-corrected chi connectivity index (χ3v) is 4.18. The van der Waals surface area contributed by atoms with Gasteiger partial charge in [0.15, 0.2) is 0 Å². The summed E-state index contributed by atoms with van der Waals surface area (Å²) in [5.74, 6) is -0.997. The average molecular weight is 360 g/mol. The first-order chi connectivity index (χ1) is 12.0. The minimum absolute atomic E-state index is 0.233. The van der Waals surface area contributed by atoms with E-state index in [9.17, 15) is 14.7 Å². The molecule has 2 aromatic rings. The van der Waals surface area contributed by atoms with E-state index in [4.69, 9.17) is 4.74 Å². The predicted molar refractivity (Wildman–Crippen MR) is 95.9 cm³/mol. The Morgan fingerprint density at radius 2 is 2.24 bits per heavy atom. The first-order valence-electron chi connectivity index (χ1n) is 7.78. The number of nitrogens with zero attached hydrogens (tertiary/aromatic N) is 1. The number of carboxylic acid groups (broad SMARTS) is 1. The number of allylic oxidation sites excluding steroid dienone is 1. The van der Waals surface area contributed by atoms with Crippen molar-refractivity contribution in [1.29, 1.82) is 0 Å². The molecular formula is C18H20N2O4S. The predicted octanol–water partition coefficient (Wildman–Crippen LogP) is 3.18. The summed E-state index contributed by atoms with van der Waals surface area (Å²) in [5, 5.41) is 14.6. The Morgan fingerprint density at radius 1 is 1.44 bits per heavy atom. The van der Waals surface area contributed by atoms with Gasteiger partial charge in [0.25, 0.3) is 5.91 Å². The van der Waals surface area contributed by atoms with E-state index < -0.39 is 17.9 Å². The molecule has 1 amide bonds. The van der Waals surface area contributed by atoms with Crippen LogP contribution in [0, 0.1) is 6.92 Å². The second-order valence-electron chi connectivity index (χ2n) is 5.34. The number of aryl methyl sites for hydroxylation is 1. The zero-order valence-electron chi connectivity index (χ0n) is 14.1. The van der Waals surface area contributed by atoms with Gasteiger partial charge in [-0.3, -0.25) is 4.79 Å². The SMILES string of the molecule is C/C=C/CC(NC(=O)c1cccc(OCc2csc(C)n2)c1)C(=O)O. The standard InChI is InChI=1S/C18H20N2O4S/c1-3-4-8-16(18(22)23)20-17(21)13-6-5-7-15(9-13)24-10-14-11-25-12(2)19-14/h3-7,9,11,16H,8,10H2,1-2H3,(H,20,21)(H,22,23)/b4-3+. The van der Waals surface area contributed by atoms with Gasteiger partial charge in [0.05, 0.1) is 10.7 Å². The van der Waals surface area contributed by atoms with Gasteiger partial charge in [-0.15, -0.1) is 11.3 Å². The fraction of sp³-hybridized carbons (Fsp3) is 0.278. The number of hydrogen-bond acceptors (Lipinski definition) is 5. The molecule has 0 saturated carbocycles. The maximum absolute atomic E-state index is 12.3. The highest BCUT2D eigenvalue weighted by atomic mass is 32.1. The van der Waals surface area contributed by atoms with Crippen LogP contribution in [0.3, 0.4) is 0 Å². The number of rotatable bonds is 8. The quantitative estimate of drug-likeness (QED) is 0.706. The summed E-state index contributed by atoms with van der Waals surface area (Å²) in [6, 6.07) is 5.67. The lowest BCUT2D eigenvalue weighted by Gasteiger charge is -2.13. The minimum Gasteiger partial charge on any atom is -0.487 e. The highest BCUT2D eigenvalue weighted by Crippen LogP contribution is 2.16. The summed E-state index contributed by atoms with van der Waals surface area (Å²) in [4.78, 5) is 27.8. The molecule has 25 heavy (non-hydrogen) atoms. The first kappa shape index (κ1) is 18.7. The number of benzene rings is 1. The van der Waals surface area contributed by atoms with Crippen molar-refractivity contribution in [2.24, 2.45) is 0 Å². The van der Waals surface area contributed by atoms with E-state index in [1.807, 2.05) is 12.3 Å². The molecule has 0 saturated heterocycles. The molecule has 7 heteroatoms. The Balaban J connectivity index is 2.01. The van der Waals surface area contributed by atoms with E-state index in [1.165, 1.54) is 0 Å². The van der Waals surface area contributed by atoms with E-state index in [2.05, 4.69) is 10.3 Å². The number of carboxylic acids is 1. The summed E-state index contributed by atoms with van der Waals surface area (Å²) in [6.07, 6.45) is 3.68. The van der Waals surface area contributed by atoms with E-state index in [-0.39, 0.29) is 6.42 Å². The van der Waals surface area contributed by atoms with Crippen molar-refractivity contribution < 1.29 is 19.4 Å². The number of aromatic nitrogens is 1. The molecule has 1 unspecified atom stereocenters. The molecule has 2 N–H and O–H groups in total. The molecule has 0 bridgehead atoms. The van der Waals surface area contributed by atoms with Crippen LogP contribution in [0.5, 0.6) is 5.75 Å². The third-order valence-electron chi connectivity index (χ3n) is 3.36. The van der Waals surface area contributed by atoms with Gasteiger partial charge in [-0.05, 0) is 38.5 Å². The molecule has 1 aromatic carbocycles. The van der Waals surface area contributed by atoms with E-state index >= 15 is 0 Å². The number of nitrogens with one attached hydrogen (secondary N) is 1. The zero-order valence-corrected chi connectivity index (χ0v) is 14.9. The molecule has 1 aromatic heterocycles. The number of thiazole rings is 1. The number of aliphatic carboxylic acids is 1. The number of carbonyl (C=O) groups is 2. The summed E-state index contributed by atoms with van der Waals surface area (Å²) < 4.78 is 5.65. The summed E-state index contributed by atoms with van der Waals surface area (Å²) in [5.41, 5.74) is 1.17. The average Bonchev–Trinajstić information content (AvgIpc) is 3.02. The molecule has 0 aliphatic heterocycles. The Morgan fingerprint density at radius 3 is 2.88 bits per heavy atom. The Kier molecular flexibility index (Phi) is 6.71. The topological polar surface area (TPSA) is 88.5 Å². The van der Waals surface area contributed by atoms with Crippen molar-refractivity contribution in [3.63, 3.8) is 0 Å². The van der Waals surface area contributed by atoms with Gasteiger partial charge in [-0.25, -0.2) is 9.78 Å². The molecule has 6 nitrogen and oxygen atoms in total. The largest absolute Gasteiger partial charge is 0.487 e. The van der Waals surface area contributed by atoms with Crippen LogP contribution < -0.4 is 10.1 Å². The fourth-order valence-corrected chi connectivity index (χ4v) is 2.69. The van der Waals surface area contributed by atoms with Crippen LogP contribution in [0.4, 0.5) is 0 Å². The monoisotopic (exact) mass is 360 g/mol. The highest BCUT2D eigenvalue weighted by Gasteiger charge is 2.19. The van der Waals surface area contributed by atoms with E-state index in [1.54, 1.807) is 54.7 Å². The number of carbonyl (C=O) groups excluding carboxylic acids is 1. The van der Waals surface area contributed by atoms with Gasteiger partial charge in [0.1, 0.15) is 18.4 Å². The van der Waals surface area contributed by atoms with Gasteiger partial charge < -0.3 is 15.2 Å². The molecule has 1 atom stereocenters. The number of amides is 1. The molecule has 0 fully saturated rings. The second kappa shape index (κ2) is 8.98. The molecule has 0 spiro atoms. The first-order valence-corrected chi connectivity index (χ1v) is 8.66. The lowest BCUT2D eigenvalue weighted by Crippen LogP contribution is -2.40. The van der Waals surface area contributed by atoms with Crippen LogP contribution in [0.25, 0.3) is 0 Å². The zero-order chi connectivity index (χ0) is 18.2. The molecule has 2 rings (SSSR count). The lowest BCUT2D eigenvalue weighted by molar-refractivity contribution is -0.139. The van der Waals surface area contributed by atoms with Crippen LogP contribution in [0.15, 0.2) is 41.8 Å². The summed E-state index contributed by atoms with van der Waals surface area (Å²) in [6.45, 7) is 4.03. The van der Waals surface area contributed by atoms with Crippen molar-refractivity contribution in [3.8, 4) is 5.75 Å².